The van der Waals surface area contributed by atoms with E-state index in [9.17, 15) is 0 Å². The zero-order valence-electron chi connectivity index (χ0n) is 6.28. The van der Waals surface area contributed by atoms with Crippen molar-refractivity contribution in [1.82, 2.24) is 5.01 Å². The molecule has 64 valence electrons. The minimum Gasteiger partial charge on any atom is -0.275 e. The Bertz CT molecular complexity index is 296. The molecule has 0 bridgehead atoms. The molecule has 2 atom stereocenters. The Morgan fingerprint density at radius 2 is 2.25 bits per heavy atom. The summed E-state index contributed by atoms with van der Waals surface area (Å²) in [5.41, 5.74) is 0. The summed E-state index contributed by atoms with van der Waals surface area (Å²) in [7, 11) is 1.82. The maximum atomic E-state index is 5.84. The summed E-state index contributed by atoms with van der Waals surface area (Å²) >= 11 is 11.5. The molecule has 2 aliphatic heterocycles. The van der Waals surface area contributed by atoms with Gasteiger partial charge in [-0.1, -0.05) is 11.6 Å². The van der Waals surface area contributed by atoms with Crippen molar-refractivity contribution >= 4 is 39.9 Å². The van der Waals surface area contributed by atoms with Gasteiger partial charge in [0.2, 0.25) is 5.29 Å². The summed E-state index contributed by atoms with van der Waals surface area (Å²) in [6, 6.07) is 0. The molecule has 0 fully saturated rings. The highest BCUT2D eigenvalue weighted by atomic mass is 35.5. The monoisotopic (exact) mass is 204 g/mol. The van der Waals surface area contributed by atoms with E-state index in [-0.39, 0.29) is 17.4 Å². The highest BCUT2D eigenvalue weighted by Crippen LogP contribution is 2.24. The van der Waals surface area contributed by atoms with Gasteiger partial charge < -0.3 is 0 Å². The van der Waals surface area contributed by atoms with Crippen LogP contribution in [0.5, 0.6) is 0 Å². The molecule has 2 unspecified atom stereocenters. The molecule has 4 nitrogen and oxygen atoms in total. The van der Waals surface area contributed by atoms with E-state index in [1.54, 1.807) is 11.2 Å². The van der Waals surface area contributed by atoms with Gasteiger partial charge in [0.25, 0.3) is 0 Å². The second kappa shape index (κ2) is 2.71. The molecule has 2 heterocycles. The molecule has 2 rings (SSSR count). The lowest BCUT2D eigenvalue weighted by atomic mass is 10.1. The lowest BCUT2D eigenvalue weighted by molar-refractivity contribution is 0.276. The number of halogens is 2. The molecular weight excluding hydrogens is 199 g/mol. The largest absolute Gasteiger partial charge is 0.275 e. The van der Waals surface area contributed by atoms with Crippen molar-refractivity contribution in [2.75, 3.05) is 7.05 Å². The zero-order chi connectivity index (χ0) is 8.72. The Labute approximate surface area is 79.6 Å². The fourth-order valence-corrected chi connectivity index (χ4v) is 1.69. The SMILES string of the molecule is CN1N=CC2C(Cl)=NC(Cl)=NC21. The van der Waals surface area contributed by atoms with Crippen molar-refractivity contribution in [2.45, 2.75) is 6.17 Å². The smallest absolute Gasteiger partial charge is 0.221 e. The first kappa shape index (κ1) is 8.01. The molecular formula is C6H6Cl2N4. The van der Waals surface area contributed by atoms with Gasteiger partial charge in [0.15, 0.2) is 6.17 Å². The summed E-state index contributed by atoms with van der Waals surface area (Å²) in [6.07, 6.45) is 1.62. The molecule has 2 aliphatic rings. The van der Waals surface area contributed by atoms with Crippen molar-refractivity contribution in [1.29, 1.82) is 0 Å². The van der Waals surface area contributed by atoms with Crippen molar-refractivity contribution in [3.63, 3.8) is 0 Å². The van der Waals surface area contributed by atoms with Gasteiger partial charge in [-0.3, -0.25) is 5.01 Å². The van der Waals surface area contributed by atoms with Crippen LogP contribution in [-0.2, 0) is 0 Å². The Balaban J connectivity index is 2.34. The standard InChI is InChI=1S/C6H6Cl2N4/c1-12-5-3(2-9-12)4(7)10-6(8)11-5/h2-3,5H,1H3. The molecule has 12 heavy (non-hydrogen) atoms. The Morgan fingerprint density at radius 1 is 1.50 bits per heavy atom. The normalized spacial score (nSPS) is 33.1. The molecule has 0 radical (unpaired) electrons. The zero-order valence-corrected chi connectivity index (χ0v) is 7.79. The minimum atomic E-state index is -0.109. The van der Waals surface area contributed by atoms with E-state index in [0.717, 1.165) is 0 Å². The van der Waals surface area contributed by atoms with Crippen LogP contribution in [0.1, 0.15) is 0 Å². The number of nitrogens with zero attached hydrogens (tertiary/aromatic N) is 4. The maximum absolute atomic E-state index is 5.84. The number of rotatable bonds is 0. The molecule has 0 N–H and O–H groups in total. The molecule has 0 saturated carbocycles. The fraction of sp³-hybridized carbons (Fsp3) is 0.500. The summed E-state index contributed by atoms with van der Waals surface area (Å²) in [6.45, 7) is 0. The van der Waals surface area contributed by atoms with Crippen LogP contribution in [0, 0.1) is 5.92 Å². The first-order chi connectivity index (χ1) is 5.68. The molecule has 0 aromatic rings. The number of aliphatic imine (C=N–C) groups is 2. The van der Waals surface area contributed by atoms with Crippen molar-refractivity contribution in [3.05, 3.63) is 0 Å². The predicted octanol–water partition coefficient (Wildman–Crippen LogP) is 1.11. The third-order valence-corrected chi connectivity index (χ3v) is 2.34. The van der Waals surface area contributed by atoms with Gasteiger partial charge in [0, 0.05) is 13.3 Å². The second-order valence-corrected chi connectivity index (χ2v) is 3.34. The third-order valence-electron chi connectivity index (χ3n) is 1.83. The molecule has 0 amide bonds. The van der Waals surface area contributed by atoms with Crippen molar-refractivity contribution in [2.24, 2.45) is 21.0 Å². The van der Waals surface area contributed by atoms with Crippen molar-refractivity contribution in [3.8, 4) is 0 Å². The van der Waals surface area contributed by atoms with E-state index in [0.29, 0.717) is 5.17 Å². The Hall–Kier alpha value is -0.610. The number of hydrogen-bond acceptors (Lipinski definition) is 4. The van der Waals surface area contributed by atoms with E-state index in [2.05, 4.69) is 15.1 Å². The van der Waals surface area contributed by atoms with Gasteiger partial charge >= 0.3 is 0 Å². The molecule has 0 aromatic carbocycles. The van der Waals surface area contributed by atoms with Crippen LogP contribution in [0.2, 0.25) is 0 Å². The lowest BCUT2D eigenvalue weighted by Crippen LogP contribution is -2.34. The topological polar surface area (TPSA) is 40.3 Å². The number of fused-ring (bicyclic) bond motifs is 1. The minimum absolute atomic E-state index is 0.0285. The van der Waals surface area contributed by atoms with Crippen LogP contribution in [-0.4, -0.2) is 34.9 Å². The fourth-order valence-electron chi connectivity index (χ4n) is 1.20. The van der Waals surface area contributed by atoms with Gasteiger partial charge in [-0.15, -0.1) is 0 Å². The van der Waals surface area contributed by atoms with E-state index in [1.165, 1.54) is 0 Å². The summed E-state index contributed by atoms with van der Waals surface area (Å²) < 4.78 is 0. The molecule has 6 heteroatoms. The van der Waals surface area contributed by atoms with Crippen LogP contribution >= 0.6 is 23.2 Å². The van der Waals surface area contributed by atoms with E-state index in [1.807, 2.05) is 7.05 Å². The average molecular weight is 205 g/mol. The summed E-state index contributed by atoms with van der Waals surface area (Å²) in [4.78, 5) is 7.93. The van der Waals surface area contributed by atoms with Crippen LogP contribution in [0.15, 0.2) is 15.1 Å². The lowest BCUT2D eigenvalue weighted by Gasteiger charge is -2.21. The van der Waals surface area contributed by atoms with Crippen molar-refractivity contribution < 1.29 is 0 Å². The van der Waals surface area contributed by atoms with Gasteiger partial charge in [-0.25, -0.2) is 9.98 Å². The number of amidine groups is 1. The van der Waals surface area contributed by atoms with Crippen LogP contribution in [0.25, 0.3) is 0 Å². The maximum Gasteiger partial charge on any atom is 0.221 e. The highest BCUT2D eigenvalue weighted by Gasteiger charge is 2.34. The Morgan fingerprint density at radius 3 is 3.00 bits per heavy atom. The summed E-state index contributed by atoms with van der Waals surface area (Å²) in [5.74, 6) is -0.0285. The van der Waals surface area contributed by atoms with Gasteiger partial charge in [0.1, 0.15) is 5.17 Å². The highest BCUT2D eigenvalue weighted by molar-refractivity contribution is 6.73. The van der Waals surface area contributed by atoms with Gasteiger partial charge in [-0.05, 0) is 11.6 Å². The number of hydrogen-bond donors (Lipinski definition) is 0. The van der Waals surface area contributed by atoms with Crippen LogP contribution in [0.4, 0.5) is 0 Å². The first-order valence-corrected chi connectivity index (χ1v) is 4.18. The average Bonchev–Trinajstić information content (AvgIpc) is 2.33. The number of hydrazone groups is 1. The second-order valence-electron chi connectivity index (χ2n) is 2.61. The first-order valence-electron chi connectivity index (χ1n) is 3.43. The van der Waals surface area contributed by atoms with E-state index < -0.39 is 0 Å². The van der Waals surface area contributed by atoms with Gasteiger partial charge in [-0.2, -0.15) is 5.10 Å². The molecule has 0 saturated heterocycles. The summed E-state index contributed by atoms with van der Waals surface area (Å²) in [5, 5.41) is 6.40. The van der Waals surface area contributed by atoms with Crippen LogP contribution in [0.3, 0.4) is 0 Å². The Kier molecular flexibility index (Phi) is 1.81. The van der Waals surface area contributed by atoms with Crippen LogP contribution < -0.4 is 0 Å². The quantitative estimate of drug-likeness (QED) is 0.546. The molecule has 0 aliphatic carbocycles. The predicted molar refractivity (Wildman–Crippen MR) is 50.1 cm³/mol. The third kappa shape index (κ3) is 1.11. The molecule has 0 aromatic heterocycles. The van der Waals surface area contributed by atoms with E-state index >= 15 is 0 Å². The molecule has 0 spiro atoms. The van der Waals surface area contributed by atoms with Gasteiger partial charge in [0.05, 0.1) is 5.92 Å². The van der Waals surface area contributed by atoms with E-state index in [4.69, 9.17) is 23.2 Å².